The molecule has 0 spiro atoms. The van der Waals surface area contributed by atoms with Crippen LogP contribution in [0.4, 0.5) is 0 Å². The van der Waals surface area contributed by atoms with Crippen molar-refractivity contribution in [2.24, 2.45) is 0 Å². The molecule has 0 fully saturated rings. The summed E-state index contributed by atoms with van der Waals surface area (Å²) in [6.07, 6.45) is 0. The Morgan fingerprint density at radius 2 is 1.76 bits per heavy atom. The van der Waals surface area contributed by atoms with Crippen LogP contribution in [-0.2, 0) is 0 Å². The van der Waals surface area contributed by atoms with E-state index < -0.39 is 0 Å². The first-order chi connectivity index (χ1) is 10.2. The van der Waals surface area contributed by atoms with Gasteiger partial charge in [-0.05, 0) is 52.0 Å². The molecule has 2 aromatic heterocycles. The zero-order valence-corrected chi connectivity index (χ0v) is 14.8. The molecule has 3 rings (SSSR count). The Morgan fingerprint density at radius 1 is 0.952 bits per heavy atom. The van der Waals surface area contributed by atoms with Crippen LogP contribution in [0.3, 0.4) is 0 Å². The van der Waals surface area contributed by atoms with Crippen molar-refractivity contribution in [1.29, 1.82) is 0 Å². The van der Waals surface area contributed by atoms with Crippen molar-refractivity contribution >= 4 is 38.6 Å². The van der Waals surface area contributed by atoms with Gasteiger partial charge in [0.05, 0.1) is 9.83 Å². The van der Waals surface area contributed by atoms with Gasteiger partial charge in [-0.3, -0.25) is 5.32 Å². The molecule has 4 heteroatoms. The molecule has 0 aliphatic heterocycles. The van der Waals surface area contributed by atoms with Crippen molar-refractivity contribution in [1.82, 2.24) is 5.32 Å². The van der Waals surface area contributed by atoms with Crippen molar-refractivity contribution in [2.45, 2.75) is 19.0 Å². The highest BCUT2D eigenvalue weighted by molar-refractivity contribution is 9.11. The van der Waals surface area contributed by atoms with Gasteiger partial charge in [-0.1, -0.05) is 36.4 Å². The van der Waals surface area contributed by atoms with Gasteiger partial charge in [0.1, 0.15) is 0 Å². The largest absolute Gasteiger partial charge is 0.298 e. The zero-order chi connectivity index (χ0) is 14.7. The molecule has 108 valence electrons. The van der Waals surface area contributed by atoms with Gasteiger partial charge in [0.15, 0.2) is 0 Å². The molecule has 0 saturated carbocycles. The van der Waals surface area contributed by atoms with E-state index in [9.17, 15) is 0 Å². The van der Waals surface area contributed by atoms with Gasteiger partial charge in [-0.2, -0.15) is 0 Å². The van der Waals surface area contributed by atoms with E-state index >= 15 is 0 Å². The summed E-state index contributed by atoms with van der Waals surface area (Å²) in [6.45, 7) is 2.22. The molecular weight excluding hydrogens is 362 g/mol. The number of thiophene rings is 2. The van der Waals surface area contributed by atoms with Crippen LogP contribution in [0.5, 0.6) is 0 Å². The highest BCUT2D eigenvalue weighted by Gasteiger charge is 2.18. The van der Waals surface area contributed by atoms with Crippen LogP contribution in [0.1, 0.15) is 34.3 Å². The fraction of sp³-hybridized carbons (Fsp3) is 0.176. The lowest BCUT2D eigenvalue weighted by molar-refractivity contribution is 0.528. The molecule has 21 heavy (non-hydrogen) atoms. The Bertz CT molecular complexity index is 676. The van der Waals surface area contributed by atoms with E-state index in [4.69, 9.17) is 0 Å². The van der Waals surface area contributed by atoms with E-state index in [2.05, 4.69) is 88.1 Å². The van der Waals surface area contributed by atoms with E-state index in [1.807, 2.05) is 0 Å². The van der Waals surface area contributed by atoms with Gasteiger partial charge in [0.2, 0.25) is 0 Å². The van der Waals surface area contributed by atoms with Crippen LogP contribution in [0.2, 0.25) is 0 Å². The number of hydrogen-bond donors (Lipinski definition) is 1. The van der Waals surface area contributed by atoms with E-state index in [1.54, 1.807) is 22.7 Å². The predicted octanol–water partition coefficient (Wildman–Crippen LogP) is 6.01. The smallest absolute Gasteiger partial charge is 0.0701 e. The summed E-state index contributed by atoms with van der Waals surface area (Å²) in [7, 11) is 0. The van der Waals surface area contributed by atoms with Crippen molar-refractivity contribution in [2.75, 3.05) is 0 Å². The average Bonchev–Trinajstić information content (AvgIpc) is 3.17. The summed E-state index contributed by atoms with van der Waals surface area (Å²) in [5.74, 6) is 0. The average molecular weight is 378 g/mol. The summed E-state index contributed by atoms with van der Waals surface area (Å²) in [5.41, 5.74) is 1.31. The molecule has 2 atom stereocenters. The van der Waals surface area contributed by atoms with Gasteiger partial charge in [-0.25, -0.2) is 0 Å². The molecule has 3 aromatic rings. The Morgan fingerprint density at radius 3 is 2.38 bits per heavy atom. The first-order valence-corrected chi connectivity index (χ1v) is 9.32. The van der Waals surface area contributed by atoms with Crippen molar-refractivity contribution in [3.05, 3.63) is 79.1 Å². The summed E-state index contributed by atoms with van der Waals surface area (Å²) in [6, 6.07) is 19.8. The summed E-state index contributed by atoms with van der Waals surface area (Å²) >= 11 is 7.13. The van der Waals surface area contributed by atoms with Crippen LogP contribution in [0.15, 0.2) is 63.8 Å². The van der Waals surface area contributed by atoms with Gasteiger partial charge >= 0.3 is 0 Å². The third-order valence-electron chi connectivity index (χ3n) is 3.40. The lowest BCUT2D eigenvalue weighted by Crippen LogP contribution is -2.24. The van der Waals surface area contributed by atoms with Gasteiger partial charge < -0.3 is 0 Å². The molecule has 1 N–H and O–H groups in total. The Hall–Kier alpha value is -0.940. The molecule has 2 heterocycles. The highest BCUT2D eigenvalue weighted by Crippen LogP contribution is 2.32. The minimum Gasteiger partial charge on any atom is -0.298 e. The Labute approximate surface area is 141 Å². The second-order valence-electron chi connectivity index (χ2n) is 4.89. The van der Waals surface area contributed by atoms with Crippen LogP contribution < -0.4 is 5.32 Å². The van der Waals surface area contributed by atoms with Gasteiger partial charge in [0.25, 0.3) is 0 Å². The van der Waals surface area contributed by atoms with E-state index in [-0.39, 0.29) is 6.04 Å². The second kappa shape index (κ2) is 6.88. The molecule has 0 aliphatic rings. The quantitative estimate of drug-likeness (QED) is 0.573. The molecule has 1 aromatic carbocycles. The molecule has 2 unspecified atom stereocenters. The molecular formula is C17H16BrNS2. The number of benzene rings is 1. The van der Waals surface area contributed by atoms with Crippen molar-refractivity contribution in [3.8, 4) is 0 Å². The van der Waals surface area contributed by atoms with E-state index in [0.29, 0.717) is 6.04 Å². The Kier molecular flexibility index (Phi) is 4.91. The van der Waals surface area contributed by atoms with E-state index in [0.717, 1.165) is 0 Å². The minimum atomic E-state index is 0.238. The second-order valence-corrected chi connectivity index (χ2v) is 8.36. The number of nitrogens with one attached hydrogen (secondary N) is 1. The van der Waals surface area contributed by atoms with Crippen molar-refractivity contribution < 1.29 is 0 Å². The maximum atomic E-state index is 3.77. The normalized spacial score (nSPS) is 14.0. The maximum absolute atomic E-state index is 3.77. The topological polar surface area (TPSA) is 12.0 Å². The number of rotatable bonds is 5. The van der Waals surface area contributed by atoms with Crippen LogP contribution in [0, 0.1) is 0 Å². The standard InChI is InChI=1S/C17H16BrNS2/c1-12(14-9-10-16(18)21-14)19-17(15-8-5-11-20-15)13-6-3-2-4-7-13/h2-12,17,19H,1H3. The van der Waals surface area contributed by atoms with E-state index in [1.165, 1.54) is 19.1 Å². The van der Waals surface area contributed by atoms with Crippen LogP contribution in [-0.4, -0.2) is 0 Å². The third kappa shape index (κ3) is 3.64. The first kappa shape index (κ1) is 15.0. The van der Waals surface area contributed by atoms with Gasteiger partial charge in [-0.15, -0.1) is 22.7 Å². The lowest BCUT2D eigenvalue weighted by atomic mass is 10.0. The molecule has 0 amide bonds. The summed E-state index contributed by atoms with van der Waals surface area (Å²) in [4.78, 5) is 2.70. The van der Waals surface area contributed by atoms with Crippen LogP contribution >= 0.6 is 38.6 Å². The third-order valence-corrected chi connectivity index (χ3v) is 6.14. The first-order valence-electron chi connectivity index (χ1n) is 6.83. The summed E-state index contributed by atoms with van der Waals surface area (Å²) < 4.78 is 1.18. The fourth-order valence-electron chi connectivity index (χ4n) is 2.34. The van der Waals surface area contributed by atoms with Crippen molar-refractivity contribution in [3.63, 3.8) is 0 Å². The summed E-state index contributed by atoms with van der Waals surface area (Å²) in [5, 5.41) is 5.90. The molecule has 0 aliphatic carbocycles. The number of halogens is 1. The van der Waals surface area contributed by atoms with Crippen LogP contribution in [0.25, 0.3) is 0 Å². The molecule has 0 radical (unpaired) electrons. The number of hydrogen-bond acceptors (Lipinski definition) is 3. The maximum Gasteiger partial charge on any atom is 0.0701 e. The SMILES string of the molecule is CC(NC(c1ccccc1)c1cccs1)c1ccc(Br)s1. The molecule has 0 saturated heterocycles. The van der Waals surface area contributed by atoms with Gasteiger partial charge in [0, 0.05) is 15.8 Å². The minimum absolute atomic E-state index is 0.238. The monoisotopic (exact) mass is 377 g/mol. The molecule has 1 nitrogen and oxygen atoms in total. The lowest BCUT2D eigenvalue weighted by Gasteiger charge is -2.22. The molecule has 0 bridgehead atoms. The Balaban J connectivity index is 1.86. The fourth-order valence-corrected chi connectivity index (χ4v) is 4.58. The predicted molar refractivity (Wildman–Crippen MR) is 96.2 cm³/mol. The highest BCUT2D eigenvalue weighted by atomic mass is 79.9. The zero-order valence-electron chi connectivity index (χ0n) is 11.6.